The second-order valence-electron chi connectivity index (χ2n) is 4.30. The molecule has 1 fully saturated rings. The SMILES string of the molecule is N=C(N)c1nonc1Cn1nnnc1N1CCCC1. The fourth-order valence-electron chi connectivity index (χ4n) is 2.10. The fourth-order valence-corrected chi connectivity index (χ4v) is 2.10. The van der Waals surface area contributed by atoms with Gasteiger partial charge in [-0.2, -0.15) is 0 Å². The van der Waals surface area contributed by atoms with Crippen LogP contribution in [0.1, 0.15) is 24.2 Å². The van der Waals surface area contributed by atoms with E-state index in [0.29, 0.717) is 11.6 Å². The van der Waals surface area contributed by atoms with E-state index in [1.54, 1.807) is 4.68 Å². The predicted octanol–water partition coefficient (Wildman–Crippen LogP) is -1.01. The molecule has 0 bridgehead atoms. The standard InChI is InChI=1S/C9H13N9O/c10-8(11)7-6(13-19-14-7)5-18-9(12-15-16-18)17-3-1-2-4-17/h1-5H2,(H3,10,11). The minimum Gasteiger partial charge on any atom is -0.382 e. The normalized spacial score (nSPS) is 15.1. The summed E-state index contributed by atoms with van der Waals surface area (Å²) >= 11 is 0. The van der Waals surface area contributed by atoms with Crippen LogP contribution in [0, 0.1) is 5.41 Å². The van der Waals surface area contributed by atoms with Crippen molar-refractivity contribution in [2.75, 3.05) is 18.0 Å². The average molecular weight is 263 g/mol. The van der Waals surface area contributed by atoms with Crippen LogP contribution in [0.2, 0.25) is 0 Å². The van der Waals surface area contributed by atoms with Crippen molar-refractivity contribution in [1.29, 1.82) is 5.41 Å². The zero-order chi connectivity index (χ0) is 13.2. The molecule has 0 radical (unpaired) electrons. The molecule has 10 nitrogen and oxygen atoms in total. The van der Waals surface area contributed by atoms with Gasteiger partial charge in [-0.05, 0) is 28.4 Å². The van der Waals surface area contributed by atoms with E-state index in [0.717, 1.165) is 25.9 Å². The van der Waals surface area contributed by atoms with E-state index in [9.17, 15) is 0 Å². The summed E-state index contributed by atoms with van der Waals surface area (Å²) in [7, 11) is 0. The molecule has 0 aromatic carbocycles. The summed E-state index contributed by atoms with van der Waals surface area (Å²) in [6, 6.07) is 0. The molecule has 0 amide bonds. The number of tetrazole rings is 1. The maximum absolute atomic E-state index is 7.39. The quantitative estimate of drug-likeness (QED) is 0.529. The van der Waals surface area contributed by atoms with Gasteiger partial charge in [0.15, 0.2) is 5.69 Å². The summed E-state index contributed by atoms with van der Waals surface area (Å²) in [4.78, 5) is 2.11. The first-order valence-corrected chi connectivity index (χ1v) is 5.92. The highest BCUT2D eigenvalue weighted by atomic mass is 16.6. The van der Waals surface area contributed by atoms with Crippen LogP contribution in [0.4, 0.5) is 5.95 Å². The lowest BCUT2D eigenvalue weighted by atomic mass is 10.3. The Bertz CT molecular complexity index is 582. The zero-order valence-electron chi connectivity index (χ0n) is 10.2. The Kier molecular flexibility index (Phi) is 2.82. The van der Waals surface area contributed by atoms with Crippen LogP contribution in [0.25, 0.3) is 0 Å². The molecule has 100 valence electrons. The molecule has 19 heavy (non-hydrogen) atoms. The van der Waals surface area contributed by atoms with E-state index in [1.807, 2.05) is 0 Å². The lowest BCUT2D eigenvalue weighted by molar-refractivity contribution is 0.301. The number of nitrogens with one attached hydrogen (secondary N) is 1. The van der Waals surface area contributed by atoms with Gasteiger partial charge in [0, 0.05) is 13.1 Å². The Morgan fingerprint density at radius 3 is 2.84 bits per heavy atom. The Balaban J connectivity index is 1.85. The van der Waals surface area contributed by atoms with Gasteiger partial charge in [0.25, 0.3) is 0 Å². The highest BCUT2D eigenvalue weighted by Gasteiger charge is 2.21. The van der Waals surface area contributed by atoms with Crippen LogP contribution in [0.3, 0.4) is 0 Å². The highest BCUT2D eigenvalue weighted by molar-refractivity contribution is 5.93. The lowest BCUT2D eigenvalue weighted by Crippen LogP contribution is -2.23. The fraction of sp³-hybridized carbons (Fsp3) is 0.556. The van der Waals surface area contributed by atoms with Crippen LogP contribution in [-0.4, -0.2) is 49.4 Å². The summed E-state index contributed by atoms with van der Waals surface area (Å²) in [5.41, 5.74) is 6.07. The third-order valence-electron chi connectivity index (χ3n) is 3.01. The molecule has 1 saturated heterocycles. The molecule has 2 aromatic heterocycles. The Hall–Kier alpha value is -2.52. The van der Waals surface area contributed by atoms with Gasteiger partial charge < -0.3 is 10.6 Å². The molecule has 1 aliphatic rings. The molecule has 0 aliphatic carbocycles. The molecule has 2 aromatic rings. The molecule has 0 atom stereocenters. The van der Waals surface area contributed by atoms with Gasteiger partial charge in [-0.1, -0.05) is 10.3 Å². The van der Waals surface area contributed by atoms with Crippen LogP contribution >= 0.6 is 0 Å². The summed E-state index contributed by atoms with van der Waals surface area (Å²) < 4.78 is 6.21. The number of amidine groups is 1. The third kappa shape index (κ3) is 2.11. The number of nitrogens with zero attached hydrogens (tertiary/aromatic N) is 7. The van der Waals surface area contributed by atoms with E-state index in [1.165, 1.54) is 0 Å². The highest BCUT2D eigenvalue weighted by Crippen LogP contribution is 2.17. The Morgan fingerprint density at radius 1 is 1.32 bits per heavy atom. The average Bonchev–Trinajstić information content (AvgIpc) is 3.09. The lowest BCUT2D eigenvalue weighted by Gasteiger charge is -2.14. The smallest absolute Gasteiger partial charge is 0.245 e. The van der Waals surface area contributed by atoms with Gasteiger partial charge in [-0.3, -0.25) is 5.41 Å². The second-order valence-corrected chi connectivity index (χ2v) is 4.30. The van der Waals surface area contributed by atoms with Crippen molar-refractivity contribution in [1.82, 2.24) is 30.5 Å². The molecule has 3 heterocycles. The van der Waals surface area contributed by atoms with Gasteiger partial charge in [0.1, 0.15) is 11.5 Å². The first-order valence-electron chi connectivity index (χ1n) is 5.92. The molecule has 0 spiro atoms. The van der Waals surface area contributed by atoms with Crippen molar-refractivity contribution in [3.63, 3.8) is 0 Å². The first-order chi connectivity index (χ1) is 9.25. The molecule has 0 saturated carbocycles. The van der Waals surface area contributed by atoms with E-state index in [4.69, 9.17) is 11.1 Å². The van der Waals surface area contributed by atoms with Gasteiger partial charge in [0.05, 0.1) is 6.54 Å². The number of nitrogens with two attached hydrogens (primary N) is 1. The van der Waals surface area contributed by atoms with Gasteiger partial charge in [-0.15, -0.1) is 0 Å². The predicted molar refractivity (Wildman–Crippen MR) is 63.7 cm³/mol. The van der Waals surface area contributed by atoms with E-state index >= 15 is 0 Å². The third-order valence-corrected chi connectivity index (χ3v) is 3.01. The topological polar surface area (TPSA) is 136 Å². The van der Waals surface area contributed by atoms with Crippen LogP contribution in [0.15, 0.2) is 4.63 Å². The summed E-state index contributed by atoms with van der Waals surface area (Å²) in [6.45, 7) is 2.16. The number of hydrogen-bond donors (Lipinski definition) is 2. The molecule has 3 rings (SSSR count). The van der Waals surface area contributed by atoms with Crippen molar-refractivity contribution >= 4 is 11.8 Å². The van der Waals surface area contributed by atoms with E-state index < -0.39 is 0 Å². The van der Waals surface area contributed by atoms with Gasteiger partial charge in [0.2, 0.25) is 5.95 Å². The minimum absolute atomic E-state index is 0.188. The van der Waals surface area contributed by atoms with Crippen LogP contribution in [-0.2, 0) is 6.54 Å². The maximum Gasteiger partial charge on any atom is 0.245 e. The van der Waals surface area contributed by atoms with Crippen LogP contribution < -0.4 is 10.6 Å². The van der Waals surface area contributed by atoms with Gasteiger partial charge >= 0.3 is 0 Å². The zero-order valence-corrected chi connectivity index (χ0v) is 10.2. The van der Waals surface area contributed by atoms with Crippen LogP contribution in [0.5, 0.6) is 0 Å². The Morgan fingerprint density at radius 2 is 2.11 bits per heavy atom. The van der Waals surface area contributed by atoms with E-state index in [-0.39, 0.29) is 18.1 Å². The minimum atomic E-state index is -0.188. The van der Waals surface area contributed by atoms with Crippen molar-refractivity contribution in [3.05, 3.63) is 11.4 Å². The number of rotatable bonds is 4. The Labute approximate surface area is 108 Å². The second kappa shape index (κ2) is 4.63. The molecular weight excluding hydrogens is 250 g/mol. The van der Waals surface area contributed by atoms with E-state index in [2.05, 4.69) is 35.4 Å². The summed E-state index contributed by atoms with van der Waals surface area (Å²) in [5.74, 6) is 0.502. The van der Waals surface area contributed by atoms with Crippen molar-refractivity contribution in [2.45, 2.75) is 19.4 Å². The first kappa shape index (κ1) is 11.6. The number of aromatic nitrogens is 6. The monoisotopic (exact) mass is 263 g/mol. The molecule has 3 N–H and O–H groups in total. The largest absolute Gasteiger partial charge is 0.382 e. The van der Waals surface area contributed by atoms with Gasteiger partial charge in [-0.25, -0.2) is 9.31 Å². The molecule has 1 aliphatic heterocycles. The summed E-state index contributed by atoms with van der Waals surface area (Å²) in [5, 5.41) is 26.3. The molecule has 0 unspecified atom stereocenters. The number of nitrogen functional groups attached to an aromatic ring is 1. The van der Waals surface area contributed by atoms with Crippen molar-refractivity contribution in [2.24, 2.45) is 5.73 Å². The summed E-state index contributed by atoms with van der Waals surface area (Å²) in [6.07, 6.45) is 2.27. The van der Waals surface area contributed by atoms with Crippen molar-refractivity contribution in [3.8, 4) is 0 Å². The van der Waals surface area contributed by atoms with Crippen molar-refractivity contribution < 1.29 is 4.63 Å². The molecular formula is C9H13N9O. The molecule has 10 heteroatoms. The number of anilines is 1. The maximum atomic E-state index is 7.39. The number of hydrogen-bond acceptors (Lipinski definition) is 8.